The Kier molecular flexibility index (Phi) is 3.86. The van der Waals surface area contributed by atoms with E-state index < -0.39 is 0 Å². The summed E-state index contributed by atoms with van der Waals surface area (Å²) in [5.74, 6) is 1.75. The molecule has 0 aliphatic carbocycles. The normalized spacial score (nSPS) is 10.8. The maximum Gasteiger partial charge on any atom is 0.138 e. The first kappa shape index (κ1) is 15.3. The van der Waals surface area contributed by atoms with E-state index in [4.69, 9.17) is 4.74 Å². The van der Waals surface area contributed by atoms with Crippen LogP contribution < -0.4 is 9.64 Å². The van der Waals surface area contributed by atoms with Gasteiger partial charge in [-0.05, 0) is 60.7 Å². The van der Waals surface area contributed by atoms with Crippen LogP contribution in [0.4, 0.5) is 11.4 Å². The highest BCUT2D eigenvalue weighted by Crippen LogP contribution is 2.28. The molecule has 4 aromatic rings. The predicted octanol–water partition coefficient (Wildman–Crippen LogP) is 5.01. The Morgan fingerprint density at radius 3 is 2.12 bits per heavy atom. The number of ether oxygens (including phenoxy) is 1. The van der Waals surface area contributed by atoms with Gasteiger partial charge in [0.15, 0.2) is 0 Å². The van der Waals surface area contributed by atoms with Crippen molar-refractivity contribution in [2.24, 2.45) is 0 Å². The maximum atomic E-state index is 5.22. The number of benzene rings is 3. The number of aromatic nitrogens is 2. The fourth-order valence-corrected chi connectivity index (χ4v) is 2.89. The number of methoxy groups -OCH3 is 1. The Bertz CT molecular complexity index is 955. The Morgan fingerprint density at radius 1 is 0.840 bits per heavy atom. The molecule has 3 aromatic carbocycles. The quantitative estimate of drug-likeness (QED) is 0.572. The smallest absolute Gasteiger partial charge is 0.138 e. The zero-order valence-corrected chi connectivity index (χ0v) is 14.2. The molecule has 0 aliphatic rings. The van der Waals surface area contributed by atoms with Crippen LogP contribution in [-0.4, -0.2) is 24.1 Å². The van der Waals surface area contributed by atoms with Gasteiger partial charge in [-0.15, -0.1) is 0 Å². The van der Waals surface area contributed by atoms with Gasteiger partial charge in [0.05, 0.1) is 18.1 Å². The second kappa shape index (κ2) is 6.32. The van der Waals surface area contributed by atoms with Crippen LogP contribution in [0.2, 0.25) is 0 Å². The van der Waals surface area contributed by atoms with Gasteiger partial charge in [0.2, 0.25) is 0 Å². The molecular formula is C21H19N3O. The second-order valence-corrected chi connectivity index (χ2v) is 5.91. The van der Waals surface area contributed by atoms with Gasteiger partial charge in [-0.2, -0.15) is 0 Å². The van der Waals surface area contributed by atoms with E-state index in [-0.39, 0.29) is 0 Å². The van der Waals surface area contributed by atoms with E-state index in [0.717, 1.165) is 39.5 Å². The lowest BCUT2D eigenvalue weighted by atomic mass is 10.1. The van der Waals surface area contributed by atoms with Crippen LogP contribution in [0.15, 0.2) is 72.8 Å². The molecule has 0 bridgehead atoms. The monoisotopic (exact) mass is 329 g/mol. The molecule has 0 fully saturated rings. The van der Waals surface area contributed by atoms with Gasteiger partial charge < -0.3 is 14.6 Å². The van der Waals surface area contributed by atoms with E-state index in [1.807, 2.05) is 48.5 Å². The predicted molar refractivity (Wildman–Crippen MR) is 103 cm³/mol. The molecule has 4 heteroatoms. The number of aromatic amines is 1. The van der Waals surface area contributed by atoms with Crippen molar-refractivity contribution in [3.63, 3.8) is 0 Å². The Morgan fingerprint density at radius 2 is 1.48 bits per heavy atom. The molecule has 0 saturated heterocycles. The van der Waals surface area contributed by atoms with Crippen molar-refractivity contribution < 1.29 is 4.74 Å². The number of hydrogen-bond donors (Lipinski definition) is 1. The number of anilines is 2. The van der Waals surface area contributed by atoms with E-state index >= 15 is 0 Å². The van der Waals surface area contributed by atoms with E-state index in [1.165, 1.54) is 0 Å². The Labute approximate surface area is 146 Å². The fourth-order valence-electron chi connectivity index (χ4n) is 2.89. The van der Waals surface area contributed by atoms with Gasteiger partial charge in [-0.25, -0.2) is 4.98 Å². The maximum absolute atomic E-state index is 5.22. The second-order valence-electron chi connectivity index (χ2n) is 5.91. The van der Waals surface area contributed by atoms with Crippen molar-refractivity contribution in [1.29, 1.82) is 0 Å². The third-order valence-electron chi connectivity index (χ3n) is 4.38. The van der Waals surface area contributed by atoms with Gasteiger partial charge in [-0.1, -0.05) is 12.1 Å². The zero-order chi connectivity index (χ0) is 17.2. The molecule has 1 aromatic heterocycles. The van der Waals surface area contributed by atoms with Crippen LogP contribution in [0.25, 0.3) is 22.4 Å². The first-order chi connectivity index (χ1) is 12.2. The molecule has 1 heterocycles. The SMILES string of the molecule is COc1ccc(N(C)c2ccc(-c3nc4ccccc4[nH]3)cc2)cc1. The molecule has 124 valence electrons. The molecule has 1 N–H and O–H groups in total. The van der Waals surface area contributed by atoms with Crippen LogP contribution in [-0.2, 0) is 0 Å². The summed E-state index contributed by atoms with van der Waals surface area (Å²) in [4.78, 5) is 10.2. The summed E-state index contributed by atoms with van der Waals surface area (Å²) in [6.45, 7) is 0. The van der Waals surface area contributed by atoms with Crippen molar-refractivity contribution in [3.8, 4) is 17.1 Å². The van der Waals surface area contributed by atoms with Crippen molar-refractivity contribution in [2.75, 3.05) is 19.1 Å². The highest BCUT2D eigenvalue weighted by atomic mass is 16.5. The van der Waals surface area contributed by atoms with Gasteiger partial charge in [0.25, 0.3) is 0 Å². The summed E-state index contributed by atoms with van der Waals surface area (Å²) in [5, 5.41) is 0. The molecule has 0 aliphatic heterocycles. The van der Waals surface area contributed by atoms with Crippen molar-refractivity contribution in [2.45, 2.75) is 0 Å². The first-order valence-corrected chi connectivity index (χ1v) is 8.17. The number of H-pyrrole nitrogens is 1. The molecule has 4 nitrogen and oxygen atoms in total. The Hall–Kier alpha value is -3.27. The summed E-state index contributed by atoms with van der Waals surface area (Å²) in [7, 11) is 3.73. The molecule has 25 heavy (non-hydrogen) atoms. The highest BCUT2D eigenvalue weighted by Gasteiger charge is 2.07. The lowest BCUT2D eigenvalue weighted by Crippen LogP contribution is -2.09. The van der Waals surface area contributed by atoms with Gasteiger partial charge in [0.1, 0.15) is 11.6 Å². The van der Waals surface area contributed by atoms with E-state index in [9.17, 15) is 0 Å². The lowest BCUT2D eigenvalue weighted by molar-refractivity contribution is 0.415. The highest BCUT2D eigenvalue weighted by molar-refractivity contribution is 5.79. The van der Waals surface area contributed by atoms with Crippen molar-refractivity contribution in [1.82, 2.24) is 9.97 Å². The number of hydrogen-bond acceptors (Lipinski definition) is 3. The summed E-state index contributed by atoms with van der Waals surface area (Å²) in [6, 6.07) is 24.5. The summed E-state index contributed by atoms with van der Waals surface area (Å²) >= 11 is 0. The molecule has 0 amide bonds. The number of imidazole rings is 1. The van der Waals surface area contributed by atoms with Crippen LogP contribution in [0, 0.1) is 0 Å². The van der Waals surface area contributed by atoms with Crippen LogP contribution in [0.5, 0.6) is 5.75 Å². The molecule has 0 unspecified atom stereocenters. The molecular weight excluding hydrogens is 310 g/mol. The van der Waals surface area contributed by atoms with Gasteiger partial charge in [0, 0.05) is 24.0 Å². The summed E-state index contributed by atoms with van der Waals surface area (Å²) in [5.41, 5.74) is 5.33. The topological polar surface area (TPSA) is 41.1 Å². The van der Waals surface area contributed by atoms with E-state index in [0.29, 0.717) is 0 Å². The summed E-state index contributed by atoms with van der Waals surface area (Å²) in [6.07, 6.45) is 0. The minimum atomic E-state index is 0.859. The lowest BCUT2D eigenvalue weighted by Gasteiger charge is -2.20. The zero-order valence-electron chi connectivity index (χ0n) is 14.2. The standard InChI is InChI=1S/C21H19N3O/c1-24(17-11-13-18(25-2)14-12-17)16-9-7-15(8-10-16)21-22-19-5-3-4-6-20(19)23-21/h3-14H,1-2H3,(H,22,23). The minimum Gasteiger partial charge on any atom is -0.497 e. The molecule has 4 rings (SSSR count). The van der Waals surface area contributed by atoms with Crippen molar-refractivity contribution >= 4 is 22.4 Å². The minimum absolute atomic E-state index is 0.859. The van der Waals surface area contributed by atoms with Crippen LogP contribution in [0.3, 0.4) is 0 Å². The van der Waals surface area contributed by atoms with Gasteiger partial charge in [-0.3, -0.25) is 0 Å². The van der Waals surface area contributed by atoms with Crippen LogP contribution >= 0.6 is 0 Å². The van der Waals surface area contributed by atoms with Gasteiger partial charge >= 0.3 is 0 Å². The fraction of sp³-hybridized carbons (Fsp3) is 0.0952. The Balaban J connectivity index is 1.60. The average Bonchev–Trinajstić information content (AvgIpc) is 3.12. The molecule has 0 saturated carbocycles. The molecule has 0 spiro atoms. The van der Waals surface area contributed by atoms with Crippen LogP contribution in [0.1, 0.15) is 0 Å². The number of nitrogens with zero attached hydrogens (tertiary/aromatic N) is 2. The average molecular weight is 329 g/mol. The number of para-hydroxylation sites is 2. The molecule has 0 atom stereocenters. The number of nitrogens with one attached hydrogen (secondary N) is 1. The largest absolute Gasteiger partial charge is 0.497 e. The third kappa shape index (κ3) is 2.94. The number of rotatable bonds is 4. The summed E-state index contributed by atoms with van der Waals surface area (Å²) < 4.78 is 5.22. The molecule has 0 radical (unpaired) electrons. The van der Waals surface area contributed by atoms with E-state index in [1.54, 1.807) is 7.11 Å². The number of fused-ring (bicyclic) bond motifs is 1. The van der Waals surface area contributed by atoms with E-state index in [2.05, 4.69) is 46.2 Å². The third-order valence-corrected chi connectivity index (χ3v) is 4.38. The van der Waals surface area contributed by atoms with Crippen molar-refractivity contribution in [3.05, 3.63) is 72.8 Å². The first-order valence-electron chi connectivity index (χ1n) is 8.17.